The molecular weight excluding hydrogens is 400 g/mol. The first-order valence-corrected chi connectivity index (χ1v) is 10.8. The van der Waals surface area contributed by atoms with Crippen molar-refractivity contribution < 1.29 is 14.3 Å². The quantitative estimate of drug-likeness (QED) is 0.531. The van der Waals surface area contributed by atoms with Crippen molar-refractivity contribution in [2.24, 2.45) is 0 Å². The molecule has 0 aliphatic carbocycles. The zero-order chi connectivity index (χ0) is 22.9. The first-order chi connectivity index (χ1) is 15.5. The predicted octanol–water partition coefficient (Wildman–Crippen LogP) is 4.80. The number of ether oxygens (including phenoxy) is 1. The fourth-order valence-electron chi connectivity index (χ4n) is 3.55. The van der Waals surface area contributed by atoms with Crippen LogP contribution in [0.1, 0.15) is 41.6 Å². The normalized spacial score (nSPS) is 11.5. The maximum atomic E-state index is 13.4. The second-order valence-electron chi connectivity index (χ2n) is 7.74. The maximum Gasteiger partial charge on any atom is 0.247 e. The summed E-state index contributed by atoms with van der Waals surface area (Å²) in [6.45, 7) is 4.57. The zero-order valence-electron chi connectivity index (χ0n) is 18.9. The number of hydrogen-bond acceptors (Lipinski definition) is 3. The number of nitrogens with one attached hydrogen (secondary N) is 1. The van der Waals surface area contributed by atoms with E-state index < -0.39 is 6.04 Å². The Bertz CT molecular complexity index is 1020. The van der Waals surface area contributed by atoms with Gasteiger partial charge in [0.15, 0.2) is 0 Å². The Hall–Kier alpha value is -3.60. The molecule has 0 saturated carbocycles. The van der Waals surface area contributed by atoms with Gasteiger partial charge in [0.25, 0.3) is 0 Å². The van der Waals surface area contributed by atoms with Crippen LogP contribution in [0.4, 0.5) is 0 Å². The molecule has 0 saturated heterocycles. The van der Waals surface area contributed by atoms with Crippen LogP contribution in [0.15, 0.2) is 78.9 Å². The van der Waals surface area contributed by atoms with Crippen molar-refractivity contribution in [2.45, 2.75) is 39.4 Å². The summed E-state index contributed by atoms with van der Waals surface area (Å²) in [4.78, 5) is 28.1. The smallest absolute Gasteiger partial charge is 0.247 e. The van der Waals surface area contributed by atoms with Crippen molar-refractivity contribution in [2.75, 3.05) is 7.11 Å². The first kappa shape index (κ1) is 23.1. The molecule has 5 heteroatoms. The van der Waals surface area contributed by atoms with E-state index in [1.807, 2.05) is 92.7 Å². The monoisotopic (exact) mass is 430 g/mol. The summed E-state index contributed by atoms with van der Waals surface area (Å²) in [6.07, 6.45) is 0.310. The molecule has 0 bridgehead atoms. The minimum absolute atomic E-state index is 0.0832. The minimum Gasteiger partial charge on any atom is -0.497 e. The van der Waals surface area contributed by atoms with Gasteiger partial charge in [-0.3, -0.25) is 9.59 Å². The highest BCUT2D eigenvalue weighted by Crippen LogP contribution is 2.25. The van der Waals surface area contributed by atoms with Gasteiger partial charge in [-0.15, -0.1) is 0 Å². The van der Waals surface area contributed by atoms with Gasteiger partial charge >= 0.3 is 0 Å². The van der Waals surface area contributed by atoms with E-state index in [1.54, 1.807) is 12.0 Å². The Morgan fingerprint density at radius 2 is 1.53 bits per heavy atom. The van der Waals surface area contributed by atoms with E-state index in [0.717, 1.165) is 22.4 Å². The fraction of sp³-hybridized carbons (Fsp3) is 0.259. The van der Waals surface area contributed by atoms with E-state index >= 15 is 0 Å². The molecule has 0 heterocycles. The summed E-state index contributed by atoms with van der Waals surface area (Å²) in [7, 11) is 1.62. The molecule has 0 spiro atoms. The maximum absolute atomic E-state index is 13.4. The third kappa shape index (κ3) is 5.97. The number of amides is 2. The van der Waals surface area contributed by atoms with Crippen molar-refractivity contribution in [3.63, 3.8) is 0 Å². The second kappa shape index (κ2) is 11.1. The van der Waals surface area contributed by atoms with Crippen LogP contribution in [0.5, 0.6) is 5.75 Å². The third-order valence-corrected chi connectivity index (χ3v) is 5.40. The summed E-state index contributed by atoms with van der Waals surface area (Å²) >= 11 is 0. The molecule has 2 amide bonds. The van der Waals surface area contributed by atoms with Crippen LogP contribution in [-0.4, -0.2) is 23.8 Å². The van der Waals surface area contributed by atoms with Gasteiger partial charge in [-0.2, -0.15) is 0 Å². The number of carbonyl (C=O) groups excluding carboxylic acids is 2. The highest BCUT2D eigenvalue weighted by Gasteiger charge is 2.30. The lowest BCUT2D eigenvalue weighted by atomic mass is 10.0. The average molecular weight is 431 g/mol. The Balaban J connectivity index is 1.88. The van der Waals surface area contributed by atoms with E-state index in [2.05, 4.69) is 5.32 Å². The van der Waals surface area contributed by atoms with Gasteiger partial charge in [0.05, 0.1) is 7.11 Å². The van der Waals surface area contributed by atoms with Gasteiger partial charge in [-0.1, -0.05) is 79.2 Å². The number of carbonyl (C=O) groups is 2. The SMILES string of the molecule is CCC(=O)N(Cc1ccc(OC)cc1)C(C(=O)NCc1ccc(C)cc1)c1ccccc1. The topological polar surface area (TPSA) is 58.6 Å². The number of nitrogens with zero attached hydrogens (tertiary/aromatic N) is 1. The van der Waals surface area contributed by atoms with E-state index in [4.69, 9.17) is 4.74 Å². The predicted molar refractivity (Wildman–Crippen MR) is 126 cm³/mol. The van der Waals surface area contributed by atoms with Crippen molar-refractivity contribution in [1.82, 2.24) is 10.2 Å². The van der Waals surface area contributed by atoms with Crippen LogP contribution < -0.4 is 10.1 Å². The van der Waals surface area contributed by atoms with Gasteiger partial charge in [0, 0.05) is 19.5 Å². The zero-order valence-corrected chi connectivity index (χ0v) is 18.9. The summed E-state index contributed by atoms with van der Waals surface area (Å²) in [5.74, 6) is 0.463. The lowest BCUT2D eigenvalue weighted by Crippen LogP contribution is -2.43. The molecule has 166 valence electrons. The summed E-state index contributed by atoms with van der Waals surface area (Å²) in [5.41, 5.74) is 3.89. The van der Waals surface area contributed by atoms with Crippen LogP contribution in [0.2, 0.25) is 0 Å². The van der Waals surface area contributed by atoms with Gasteiger partial charge in [0.1, 0.15) is 11.8 Å². The Kier molecular flexibility index (Phi) is 8.03. The Morgan fingerprint density at radius 3 is 2.12 bits per heavy atom. The van der Waals surface area contributed by atoms with Crippen LogP contribution in [0, 0.1) is 6.92 Å². The van der Waals surface area contributed by atoms with Crippen LogP contribution >= 0.6 is 0 Å². The Morgan fingerprint density at radius 1 is 0.906 bits per heavy atom. The second-order valence-corrected chi connectivity index (χ2v) is 7.74. The number of hydrogen-bond donors (Lipinski definition) is 1. The summed E-state index contributed by atoms with van der Waals surface area (Å²) < 4.78 is 5.23. The third-order valence-electron chi connectivity index (χ3n) is 5.40. The molecule has 3 rings (SSSR count). The molecule has 0 aliphatic rings. The molecule has 0 aromatic heterocycles. The standard InChI is InChI=1S/C27H30N2O3/c1-4-25(30)29(19-22-14-16-24(32-3)17-15-22)26(23-8-6-5-7-9-23)27(31)28-18-21-12-10-20(2)11-13-21/h5-17,26H,4,18-19H2,1-3H3,(H,28,31). The van der Waals surface area contributed by atoms with Gasteiger partial charge in [-0.25, -0.2) is 0 Å². The fourth-order valence-corrected chi connectivity index (χ4v) is 3.55. The van der Waals surface area contributed by atoms with Crippen molar-refractivity contribution in [3.8, 4) is 5.75 Å². The van der Waals surface area contributed by atoms with E-state index in [1.165, 1.54) is 5.56 Å². The molecule has 1 N–H and O–H groups in total. The molecule has 1 atom stereocenters. The van der Waals surface area contributed by atoms with Crippen molar-refractivity contribution >= 4 is 11.8 Å². The largest absolute Gasteiger partial charge is 0.497 e. The highest BCUT2D eigenvalue weighted by atomic mass is 16.5. The first-order valence-electron chi connectivity index (χ1n) is 10.8. The number of rotatable bonds is 9. The van der Waals surface area contributed by atoms with Gasteiger partial charge < -0.3 is 15.0 Å². The summed E-state index contributed by atoms with van der Waals surface area (Å²) in [5, 5.41) is 3.03. The molecule has 5 nitrogen and oxygen atoms in total. The van der Waals surface area contributed by atoms with Gasteiger partial charge in [-0.05, 0) is 35.7 Å². The average Bonchev–Trinajstić information content (AvgIpc) is 2.84. The highest BCUT2D eigenvalue weighted by molar-refractivity contribution is 5.88. The van der Waals surface area contributed by atoms with Crippen LogP contribution in [0.25, 0.3) is 0 Å². The molecular formula is C27H30N2O3. The molecule has 0 radical (unpaired) electrons. The Labute approximate surface area is 190 Å². The van der Waals surface area contributed by atoms with E-state index in [0.29, 0.717) is 19.5 Å². The number of methoxy groups -OCH3 is 1. The van der Waals surface area contributed by atoms with E-state index in [-0.39, 0.29) is 11.8 Å². The molecule has 1 unspecified atom stereocenters. The lowest BCUT2D eigenvalue weighted by Gasteiger charge is -2.31. The van der Waals surface area contributed by atoms with Gasteiger partial charge in [0.2, 0.25) is 11.8 Å². The number of benzene rings is 3. The number of aryl methyl sites for hydroxylation is 1. The molecule has 0 aliphatic heterocycles. The van der Waals surface area contributed by atoms with Crippen molar-refractivity contribution in [1.29, 1.82) is 0 Å². The summed E-state index contributed by atoms with van der Waals surface area (Å²) in [6, 6.07) is 24.3. The molecule has 3 aromatic rings. The minimum atomic E-state index is -0.726. The molecule has 3 aromatic carbocycles. The van der Waals surface area contributed by atoms with Crippen LogP contribution in [-0.2, 0) is 22.7 Å². The lowest BCUT2D eigenvalue weighted by molar-refractivity contribution is -0.141. The molecule has 0 fully saturated rings. The molecule has 32 heavy (non-hydrogen) atoms. The van der Waals surface area contributed by atoms with E-state index in [9.17, 15) is 9.59 Å². The van der Waals surface area contributed by atoms with Crippen molar-refractivity contribution in [3.05, 3.63) is 101 Å². The van der Waals surface area contributed by atoms with Crippen LogP contribution in [0.3, 0.4) is 0 Å².